The van der Waals surface area contributed by atoms with E-state index >= 15 is 0 Å². The van der Waals surface area contributed by atoms with Gasteiger partial charge in [-0.1, -0.05) is 0 Å². The zero-order valence-corrected chi connectivity index (χ0v) is 9.76. The molecular formula is C11H20N4O. The molecule has 1 saturated heterocycles. The fraction of sp³-hybridized carbons (Fsp3) is 0.727. The van der Waals surface area contributed by atoms with E-state index < -0.39 is 0 Å². The van der Waals surface area contributed by atoms with Gasteiger partial charge in [-0.3, -0.25) is 0 Å². The summed E-state index contributed by atoms with van der Waals surface area (Å²) in [5.41, 5.74) is 0. The highest BCUT2D eigenvalue weighted by atomic mass is 16.3. The first kappa shape index (κ1) is 11.4. The molecule has 90 valence electrons. The van der Waals surface area contributed by atoms with Crippen LogP contribution in [0.1, 0.15) is 12.8 Å². The highest BCUT2D eigenvalue weighted by Crippen LogP contribution is 2.13. The lowest BCUT2D eigenvalue weighted by molar-refractivity contribution is 0.299. The van der Waals surface area contributed by atoms with Gasteiger partial charge in [-0.25, -0.2) is 4.98 Å². The molecule has 1 atom stereocenters. The van der Waals surface area contributed by atoms with Crippen LogP contribution in [0.2, 0.25) is 0 Å². The van der Waals surface area contributed by atoms with Crippen molar-refractivity contribution in [1.82, 2.24) is 14.9 Å². The van der Waals surface area contributed by atoms with Gasteiger partial charge in [0.2, 0.25) is 5.95 Å². The predicted octanol–water partition coefficient (Wildman–Crippen LogP) is -0.0292. The SMILES string of the molecule is Cn1ccnc1N(CCO)CC1CCCN1. The number of nitrogens with one attached hydrogen (secondary N) is 1. The maximum Gasteiger partial charge on any atom is 0.205 e. The van der Waals surface area contributed by atoms with E-state index in [9.17, 15) is 0 Å². The molecule has 1 fully saturated rings. The maximum atomic E-state index is 9.10. The van der Waals surface area contributed by atoms with Crippen LogP contribution in [0.3, 0.4) is 0 Å². The van der Waals surface area contributed by atoms with E-state index in [1.807, 2.05) is 17.8 Å². The van der Waals surface area contributed by atoms with Crippen molar-refractivity contribution in [2.24, 2.45) is 7.05 Å². The smallest absolute Gasteiger partial charge is 0.205 e. The van der Waals surface area contributed by atoms with Crippen LogP contribution < -0.4 is 10.2 Å². The van der Waals surface area contributed by atoms with Crippen LogP contribution in [0.4, 0.5) is 5.95 Å². The molecule has 0 spiro atoms. The molecule has 5 heteroatoms. The standard InChI is InChI=1S/C11H20N4O/c1-14-6-5-13-11(14)15(7-8-16)9-10-3-2-4-12-10/h5-6,10,12,16H,2-4,7-9H2,1H3. The molecule has 0 aliphatic carbocycles. The average molecular weight is 224 g/mol. The van der Waals surface area contributed by atoms with Crippen LogP contribution in [0, 0.1) is 0 Å². The number of aliphatic hydroxyl groups is 1. The summed E-state index contributed by atoms with van der Waals surface area (Å²) in [7, 11) is 1.98. The second-order valence-electron chi connectivity index (χ2n) is 4.30. The molecule has 1 aromatic rings. The first-order valence-electron chi connectivity index (χ1n) is 5.88. The van der Waals surface area contributed by atoms with Crippen molar-refractivity contribution in [2.75, 3.05) is 31.1 Å². The van der Waals surface area contributed by atoms with Gasteiger partial charge in [-0.05, 0) is 19.4 Å². The summed E-state index contributed by atoms with van der Waals surface area (Å²) < 4.78 is 1.99. The number of hydrogen-bond acceptors (Lipinski definition) is 4. The number of anilines is 1. The van der Waals surface area contributed by atoms with E-state index in [1.54, 1.807) is 6.20 Å². The number of rotatable bonds is 5. The van der Waals surface area contributed by atoms with Gasteiger partial charge in [0.1, 0.15) is 0 Å². The normalized spacial score (nSPS) is 20.2. The largest absolute Gasteiger partial charge is 0.395 e. The Labute approximate surface area is 96.1 Å². The predicted molar refractivity (Wildman–Crippen MR) is 63.5 cm³/mol. The molecule has 2 heterocycles. The molecule has 2 N–H and O–H groups in total. The molecule has 0 amide bonds. The Bertz CT molecular complexity index is 320. The highest BCUT2D eigenvalue weighted by molar-refractivity contribution is 5.31. The molecule has 1 aromatic heterocycles. The van der Waals surface area contributed by atoms with E-state index in [4.69, 9.17) is 5.11 Å². The Morgan fingerprint density at radius 1 is 1.69 bits per heavy atom. The summed E-state index contributed by atoms with van der Waals surface area (Å²) >= 11 is 0. The van der Waals surface area contributed by atoms with Crippen molar-refractivity contribution in [3.8, 4) is 0 Å². The van der Waals surface area contributed by atoms with Crippen molar-refractivity contribution in [1.29, 1.82) is 0 Å². The minimum atomic E-state index is 0.166. The summed E-state index contributed by atoms with van der Waals surface area (Å²) in [6, 6.07) is 0.531. The highest BCUT2D eigenvalue weighted by Gasteiger charge is 2.19. The van der Waals surface area contributed by atoms with Gasteiger partial charge < -0.3 is 19.9 Å². The van der Waals surface area contributed by atoms with Crippen LogP contribution in [0.15, 0.2) is 12.4 Å². The van der Waals surface area contributed by atoms with Crippen molar-refractivity contribution in [3.63, 3.8) is 0 Å². The van der Waals surface area contributed by atoms with Crippen molar-refractivity contribution < 1.29 is 5.11 Å². The molecule has 5 nitrogen and oxygen atoms in total. The van der Waals surface area contributed by atoms with E-state index in [1.165, 1.54) is 12.8 Å². The number of imidazole rings is 1. The van der Waals surface area contributed by atoms with Crippen molar-refractivity contribution in [2.45, 2.75) is 18.9 Å². The first-order chi connectivity index (χ1) is 7.81. The lowest BCUT2D eigenvalue weighted by Crippen LogP contribution is -2.40. The lowest BCUT2D eigenvalue weighted by atomic mass is 10.2. The zero-order chi connectivity index (χ0) is 11.4. The number of nitrogens with zero attached hydrogens (tertiary/aromatic N) is 3. The van der Waals surface area contributed by atoms with Gasteiger partial charge in [0.25, 0.3) is 0 Å². The maximum absolute atomic E-state index is 9.10. The Balaban J connectivity index is 2.01. The van der Waals surface area contributed by atoms with Crippen LogP contribution in [0.5, 0.6) is 0 Å². The molecule has 0 aromatic carbocycles. The molecule has 1 aliphatic rings. The van der Waals surface area contributed by atoms with Gasteiger partial charge in [-0.15, -0.1) is 0 Å². The van der Waals surface area contributed by atoms with Crippen LogP contribution in [0.25, 0.3) is 0 Å². The van der Waals surface area contributed by atoms with Crippen molar-refractivity contribution >= 4 is 5.95 Å². The summed E-state index contributed by atoms with van der Waals surface area (Å²) in [6.07, 6.45) is 6.19. The van der Waals surface area contributed by atoms with Crippen LogP contribution >= 0.6 is 0 Å². The Kier molecular flexibility index (Phi) is 3.79. The monoisotopic (exact) mass is 224 g/mol. The third-order valence-electron chi connectivity index (χ3n) is 3.05. The molecule has 0 saturated carbocycles. The van der Waals surface area contributed by atoms with E-state index in [0.29, 0.717) is 12.6 Å². The topological polar surface area (TPSA) is 53.3 Å². The third kappa shape index (κ3) is 2.54. The zero-order valence-electron chi connectivity index (χ0n) is 9.76. The third-order valence-corrected chi connectivity index (χ3v) is 3.05. The first-order valence-corrected chi connectivity index (χ1v) is 5.88. The van der Waals surface area contributed by atoms with E-state index in [-0.39, 0.29) is 6.61 Å². The van der Waals surface area contributed by atoms with Gasteiger partial charge in [0, 0.05) is 38.6 Å². The van der Waals surface area contributed by atoms with Gasteiger partial charge in [0.05, 0.1) is 6.61 Å². The quantitative estimate of drug-likeness (QED) is 0.737. The number of hydrogen-bond donors (Lipinski definition) is 2. The molecule has 0 radical (unpaired) electrons. The molecule has 0 bridgehead atoms. The van der Waals surface area contributed by atoms with E-state index in [2.05, 4.69) is 15.2 Å². The van der Waals surface area contributed by atoms with Crippen LogP contribution in [-0.4, -0.2) is 46.9 Å². The second-order valence-corrected chi connectivity index (χ2v) is 4.30. The van der Waals surface area contributed by atoms with E-state index in [0.717, 1.165) is 19.0 Å². The van der Waals surface area contributed by atoms with Gasteiger partial charge >= 0.3 is 0 Å². The minimum absolute atomic E-state index is 0.166. The molecule has 2 rings (SSSR count). The number of aliphatic hydroxyl groups excluding tert-OH is 1. The summed E-state index contributed by atoms with van der Waals surface area (Å²) in [6.45, 7) is 2.84. The Morgan fingerprint density at radius 3 is 3.12 bits per heavy atom. The average Bonchev–Trinajstić information content (AvgIpc) is 2.88. The second kappa shape index (κ2) is 5.32. The summed E-state index contributed by atoms with van der Waals surface area (Å²) in [5.74, 6) is 0.933. The molecule has 1 unspecified atom stereocenters. The molecular weight excluding hydrogens is 204 g/mol. The molecule has 1 aliphatic heterocycles. The fourth-order valence-electron chi connectivity index (χ4n) is 2.23. The number of aryl methyl sites for hydroxylation is 1. The minimum Gasteiger partial charge on any atom is -0.395 e. The van der Waals surface area contributed by atoms with Gasteiger partial charge in [-0.2, -0.15) is 0 Å². The Hall–Kier alpha value is -1.07. The Morgan fingerprint density at radius 2 is 2.56 bits per heavy atom. The summed E-state index contributed by atoms with van der Waals surface area (Å²) in [5, 5.41) is 12.6. The van der Waals surface area contributed by atoms with Crippen LogP contribution in [-0.2, 0) is 7.05 Å². The van der Waals surface area contributed by atoms with Crippen molar-refractivity contribution in [3.05, 3.63) is 12.4 Å². The lowest BCUT2D eigenvalue weighted by Gasteiger charge is -2.25. The molecule has 16 heavy (non-hydrogen) atoms. The van der Waals surface area contributed by atoms with Gasteiger partial charge in [0.15, 0.2) is 0 Å². The summed E-state index contributed by atoms with van der Waals surface area (Å²) in [4.78, 5) is 6.47. The fourth-order valence-corrected chi connectivity index (χ4v) is 2.23. The number of aromatic nitrogens is 2.